The average Bonchev–Trinajstić information content (AvgIpc) is 2.45. The van der Waals surface area contributed by atoms with Crippen molar-refractivity contribution in [2.75, 3.05) is 11.5 Å². The normalized spacial score (nSPS) is 10.5. The molecule has 1 aromatic heterocycles. The van der Waals surface area contributed by atoms with Gasteiger partial charge in [-0.05, 0) is 12.1 Å². The first-order valence-electron chi connectivity index (χ1n) is 3.16. The summed E-state index contributed by atoms with van der Waals surface area (Å²) in [6.45, 7) is 0. The Morgan fingerprint density at radius 2 is 2.09 bits per heavy atom. The zero-order chi connectivity index (χ0) is 7.84. The van der Waals surface area contributed by atoms with E-state index >= 15 is 0 Å². The van der Waals surface area contributed by atoms with Crippen molar-refractivity contribution in [3.8, 4) is 0 Å². The topological polar surface area (TPSA) is 64.9 Å². The smallest absolute Gasteiger partial charge is 0.106 e. The predicted molar refractivity (Wildman–Crippen MR) is 48.4 cm³/mol. The Balaban J connectivity index is 2.93. The van der Waals surface area contributed by atoms with Crippen LogP contribution in [0.25, 0.3) is 10.2 Å². The molecule has 0 spiro atoms. The van der Waals surface area contributed by atoms with E-state index in [0.717, 1.165) is 10.2 Å². The molecule has 4 N–H and O–H groups in total. The molecule has 0 aliphatic carbocycles. The Morgan fingerprint density at radius 1 is 1.27 bits per heavy atom. The molecular weight excluding hydrogens is 158 g/mol. The van der Waals surface area contributed by atoms with Gasteiger partial charge in [0.05, 0.1) is 21.6 Å². The number of nitrogens with two attached hydrogens (primary N) is 2. The summed E-state index contributed by atoms with van der Waals surface area (Å²) in [6, 6.07) is 3.73. The fraction of sp³-hybridized carbons (Fsp3) is 0. The Hall–Kier alpha value is -1.29. The molecule has 0 amide bonds. The van der Waals surface area contributed by atoms with Crippen LogP contribution in [-0.4, -0.2) is 4.98 Å². The molecule has 1 aromatic carbocycles. The monoisotopic (exact) mass is 165 g/mol. The minimum atomic E-state index is 0.587. The molecular formula is C7H7N3S. The molecule has 11 heavy (non-hydrogen) atoms. The van der Waals surface area contributed by atoms with Crippen LogP contribution in [0.3, 0.4) is 0 Å². The van der Waals surface area contributed by atoms with Gasteiger partial charge in [0.2, 0.25) is 0 Å². The lowest BCUT2D eigenvalue weighted by Gasteiger charge is -1.97. The molecule has 0 saturated heterocycles. The maximum Gasteiger partial charge on any atom is 0.106 e. The van der Waals surface area contributed by atoms with Crippen molar-refractivity contribution in [3.63, 3.8) is 0 Å². The molecule has 1 heterocycles. The van der Waals surface area contributed by atoms with Crippen molar-refractivity contribution >= 4 is 32.9 Å². The van der Waals surface area contributed by atoms with Crippen LogP contribution >= 0.6 is 11.3 Å². The minimum Gasteiger partial charge on any atom is -0.397 e. The Labute approximate surface area is 67.7 Å². The Kier molecular flexibility index (Phi) is 1.22. The van der Waals surface area contributed by atoms with Gasteiger partial charge in [0.1, 0.15) is 5.52 Å². The van der Waals surface area contributed by atoms with E-state index in [9.17, 15) is 0 Å². The van der Waals surface area contributed by atoms with E-state index in [1.54, 1.807) is 22.9 Å². The highest BCUT2D eigenvalue weighted by molar-refractivity contribution is 7.16. The van der Waals surface area contributed by atoms with Crippen molar-refractivity contribution in [3.05, 3.63) is 17.6 Å². The maximum absolute atomic E-state index is 5.68. The first kappa shape index (κ1) is 6.42. The summed E-state index contributed by atoms with van der Waals surface area (Å²) in [4.78, 5) is 4.09. The lowest BCUT2D eigenvalue weighted by molar-refractivity contribution is 1.50. The van der Waals surface area contributed by atoms with Gasteiger partial charge in [0, 0.05) is 0 Å². The highest BCUT2D eigenvalue weighted by Gasteiger charge is 2.02. The molecule has 0 bridgehead atoms. The Bertz CT molecular complexity index is 393. The summed E-state index contributed by atoms with van der Waals surface area (Å²) >= 11 is 1.56. The number of hydrogen-bond donors (Lipinski definition) is 2. The van der Waals surface area contributed by atoms with Crippen molar-refractivity contribution in [2.45, 2.75) is 0 Å². The number of anilines is 2. The fourth-order valence-electron chi connectivity index (χ4n) is 0.968. The third-order valence-corrected chi connectivity index (χ3v) is 2.37. The summed E-state index contributed by atoms with van der Waals surface area (Å²) in [5.74, 6) is 0. The lowest BCUT2D eigenvalue weighted by atomic mass is 10.2. The number of benzene rings is 1. The molecule has 0 radical (unpaired) electrons. The van der Waals surface area contributed by atoms with Gasteiger partial charge in [-0.3, -0.25) is 0 Å². The van der Waals surface area contributed by atoms with Crippen LogP contribution in [0.4, 0.5) is 11.4 Å². The number of fused-ring (bicyclic) bond motifs is 1. The van der Waals surface area contributed by atoms with Crippen molar-refractivity contribution in [1.29, 1.82) is 0 Å². The SMILES string of the molecule is Nc1ccc2scnc2c1N. The summed E-state index contributed by atoms with van der Waals surface area (Å²) in [5.41, 5.74) is 15.0. The molecule has 0 fully saturated rings. The van der Waals surface area contributed by atoms with Crippen molar-refractivity contribution in [1.82, 2.24) is 4.98 Å². The third kappa shape index (κ3) is 0.832. The minimum absolute atomic E-state index is 0.587. The van der Waals surface area contributed by atoms with Crippen LogP contribution in [0.1, 0.15) is 0 Å². The van der Waals surface area contributed by atoms with Crippen LogP contribution in [0.2, 0.25) is 0 Å². The van der Waals surface area contributed by atoms with Gasteiger partial charge in [0.15, 0.2) is 0 Å². The van der Waals surface area contributed by atoms with Crippen LogP contribution in [0.15, 0.2) is 17.6 Å². The molecule has 0 aliphatic heterocycles. The average molecular weight is 165 g/mol. The molecule has 0 saturated carbocycles. The number of nitrogens with zero attached hydrogens (tertiary/aromatic N) is 1. The van der Waals surface area contributed by atoms with Gasteiger partial charge in [-0.2, -0.15) is 0 Å². The molecule has 56 valence electrons. The largest absolute Gasteiger partial charge is 0.397 e. The predicted octanol–water partition coefficient (Wildman–Crippen LogP) is 1.46. The number of nitrogen functional groups attached to an aromatic ring is 2. The van der Waals surface area contributed by atoms with Crippen LogP contribution in [0.5, 0.6) is 0 Å². The van der Waals surface area contributed by atoms with Crippen molar-refractivity contribution < 1.29 is 0 Å². The van der Waals surface area contributed by atoms with Crippen LogP contribution in [0, 0.1) is 0 Å². The van der Waals surface area contributed by atoms with E-state index in [4.69, 9.17) is 11.5 Å². The lowest BCUT2D eigenvalue weighted by Crippen LogP contribution is -1.94. The van der Waals surface area contributed by atoms with Crippen molar-refractivity contribution in [2.24, 2.45) is 0 Å². The Morgan fingerprint density at radius 3 is 2.91 bits per heavy atom. The second kappa shape index (κ2) is 2.10. The number of thiazole rings is 1. The highest BCUT2D eigenvalue weighted by atomic mass is 32.1. The van der Waals surface area contributed by atoms with E-state index in [1.807, 2.05) is 6.07 Å². The highest BCUT2D eigenvalue weighted by Crippen LogP contribution is 2.27. The molecule has 0 atom stereocenters. The van der Waals surface area contributed by atoms with Gasteiger partial charge in [0.25, 0.3) is 0 Å². The fourth-order valence-corrected chi connectivity index (χ4v) is 1.66. The molecule has 4 heteroatoms. The van der Waals surface area contributed by atoms with Gasteiger partial charge < -0.3 is 11.5 Å². The van der Waals surface area contributed by atoms with Gasteiger partial charge in [-0.15, -0.1) is 11.3 Å². The zero-order valence-electron chi connectivity index (χ0n) is 5.74. The summed E-state index contributed by atoms with van der Waals surface area (Å²) in [5, 5.41) is 0. The van der Waals surface area contributed by atoms with E-state index in [0.29, 0.717) is 11.4 Å². The van der Waals surface area contributed by atoms with E-state index in [-0.39, 0.29) is 0 Å². The summed E-state index contributed by atoms with van der Waals surface area (Å²) < 4.78 is 1.08. The standard InChI is InChI=1S/C7H7N3S/c8-4-1-2-5-7(6(4)9)10-3-11-5/h1-3H,8-9H2. The van der Waals surface area contributed by atoms with Gasteiger partial charge >= 0.3 is 0 Å². The van der Waals surface area contributed by atoms with E-state index in [2.05, 4.69) is 4.98 Å². The molecule has 0 unspecified atom stereocenters. The van der Waals surface area contributed by atoms with E-state index < -0.39 is 0 Å². The van der Waals surface area contributed by atoms with Gasteiger partial charge in [-0.1, -0.05) is 0 Å². The quantitative estimate of drug-likeness (QED) is 0.581. The molecule has 3 nitrogen and oxygen atoms in total. The first-order valence-corrected chi connectivity index (χ1v) is 4.04. The number of hydrogen-bond acceptors (Lipinski definition) is 4. The summed E-state index contributed by atoms with van der Waals surface area (Å²) in [7, 11) is 0. The summed E-state index contributed by atoms with van der Waals surface area (Å²) in [6.07, 6.45) is 0. The molecule has 2 rings (SSSR count). The number of rotatable bonds is 0. The maximum atomic E-state index is 5.68. The zero-order valence-corrected chi connectivity index (χ0v) is 6.56. The second-order valence-electron chi connectivity index (χ2n) is 2.27. The van der Waals surface area contributed by atoms with Gasteiger partial charge in [-0.25, -0.2) is 4.98 Å². The molecule has 2 aromatic rings. The van der Waals surface area contributed by atoms with E-state index in [1.165, 1.54) is 0 Å². The van der Waals surface area contributed by atoms with Crippen LogP contribution < -0.4 is 11.5 Å². The van der Waals surface area contributed by atoms with Crippen LogP contribution in [-0.2, 0) is 0 Å². The number of aromatic nitrogens is 1. The molecule has 0 aliphatic rings. The second-order valence-corrected chi connectivity index (χ2v) is 3.15. The third-order valence-electron chi connectivity index (χ3n) is 1.58. The first-order chi connectivity index (χ1) is 5.29.